The van der Waals surface area contributed by atoms with Gasteiger partial charge in [-0.2, -0.15) is 0 Å². The number of hydrogen-bond acceptors (Lipinski definition) is 0. The van der Waals surface area contributed by atoms with Gasteiger partial charge in [-0.05, 0) is 86.8 Å². The smallest absolute Gasteiger partial charge is 0.493 e. The van der Waals surface area contributed by atoms with E-state index in [4.69, 9.17) is 0 Å². The van der Waals surface area contributed by atoms with Crippen LogP contribution in [0.25, 0.3) is 16.9 Å². The van der Waals surface area contributed by atoms with Crippen molar-refractivity contribution < 1.29 is 22.7 Å². The van der Waals surface area contributed by atoms with Crippen LogP contribution in [0.4, 0.5) is 0 Å². The van der Waals surface area contributed by atoms with Gasteiger partial charge in [-0.3, -0.25) is 0 Å². The predicted molar refractivity (Wildman–Crippen MR) is 422 cm³/mol. The molecular formula is C91H164N2Pd. The van der Waals surface area contributed by atoms with Gasteiger partial charge < -0.3 is 5.53 Å². The Morgan fingerprint density at radius 3 is 0.777 bits per heavy atom. The molecule has 3 heteroatoms. The predicted octanol–water partition coefficient (Wildman–Crippen LogP) is 33.3. The minimum atomic E-state index is 0.998. The molecule has 94 heavy (non-hydrogen) atoms. The van der Waals surface area contributed by atoms with Gasteiger partial charge in [0.2, 0.25) is 11.4 Å². The maximum absolute atomic E-state index is 11.7. The van der Waals surface area contributed by atoms with E-state index in [1.54, 1.807) is 9.79 Å². The molecule has 548 valence electrons. The van der Waals surface area contributed by atoms with E-state index in [1.165, 1.54) is 406 Å². The van der Waals surface area contributed by atoms with Crippen LogP contribution in [0.2, 0.25) is 9.79 Å². The van der Waals surface area contributed by atoms with Crippen molar-refractivity contribution in [3.8, 4) is 0 Å². The SMILES string of the molecule is CCCCCCCCCCCCCCCCCCCCCCCCCCCC[CH2][Pd][CH2]CCCCCCCCCCCCCCCCCCCCCCCCCCCC.CCCCCc1cccc(C2=C(CCCC)C(CCCC)=C(c3ccc(CCCC)cc3)[N+]2=[N-])c1. The van der Waals surface area contributed by atoms with Crippen molar-refractivity contribution in [2.24, 2.45) is 0 Å². The van der Waals surface area contributed by atoms with Crippen LogP contribution in [0.3, 0.4) is 0 Å². The molecule has 1 heterocycles. The zero-order valence-electron chi connectivity index (χ0n) is 64.6. The molecule has 0 radical (unpaired) electrons. The number of rotatable bonds is 71. The molecule has 2 aromatic carbocycles. The molecule has 2 aromatic rings. The molecule has 2 nitrogen and oxygen atoms in total. The number of unbranched alkanes of at least 4 members (excludes halogenated alkanes) is 57. The van der Waals surface area contributed by atoms with Gasteiger partial charge in [0.15, 0.2) is 0 Å². The van der Waals surface area contributed by atoms with Crippen LogP contribution < -0.4 is 0 Å². The third kappa shape index (κ3) is 50.5. The van der Waals surface area contributed by atoms with Crippen molar-refractivity contribution in [3.05, 3.63) is 87.5 Å². The van der Waals surface area contributed by atoms with E-state index in [-0.39, 0.29) is 0 Å². The maximum atomic E-state index is 11.7. The van der Waals surface area contributed by atoms with Crippen molar-refractivity contribution in [2.75, 3.05) is 0 Å². The molecule has 1 aliphatic rings. The Morgan fingerprint density at radius 1 is 0.234 bits per heavy atom. The van der Waals surface area contributed by atoms with E-state index in [2.05, 4.69) is 90.1 Å². The first-order valence-electron chi connectivity index (χ1n) is 43.1. The number of nitrogens with zero attached hydrogens (tertiary/aromatic N) is 2. The van der Waals surface area contributed by atoms with Crippen molar-refractivity contribution >= 4 is 11.4 Å². The van der Waals surface area contributed by atoms with Crippen molar-refractivity contribution in [3.63, 3.8) is 0 Å². The van der Waals surface area contributed by atoms with Crippen LogP contribution in [0, 0.1) is 0 Å². The molecule has 0 N–H and O–H groups in total. The van der Waals surface area contributed by atoms with Crippen LogP contribution >= 0.6 is 0 Å². The van der Waals surface area contributed by atoms with Gasteiger partial charge in [-0.15, -0.1) is 0 Å². The zero-order valence-corrected chi connectivity index (χ0v) is 66.2. The standard InChI is InChI=1S/C33H46N2.2C29H59.Pd/c1-5-9-13-16-27-17-14-18-29(25-27)33-31(20-12-8-4)30(19-11-7-3)32(35(33)34)28-23-21-26(22-24-28)15-10-6-2;2*1-3-5-7-9-11-13-15-17-19-21-23-25-27-29-28-26-24-22-20-18-16-14-12-10-8-6-4-2;/h14,17-18,21-25H,5-13,15-16,19-20H2,1-4H3;2*1,3-29H2,2H3;. The third-order valence-corrected chi connectivity index (χ3v) is 23.1. The fourth-order valence-electron chi connectivity index (χ4n) is 14.5. The van der Waals surface area contributed by atoms with Crippen molar-refractivity contribution in [2.45, 2.75) is 482 Å². The second kappa shape index (κ2) is 69.7. The summed E-state index contributed by atoms with van der Waals surface area (Å²) in [6.45, 7) is 13.6. The molecular weight excluding hydrogens is 1230 g/mol. The van der Waals surface area contributed by atoms with E-state index in [1.807, 2.05) is 0 Å². The van der Waals surface area contributed by atoms with Crippen molar-refractivity contribution in [1.82, 2.24) is 0 Å². The molecule has 0 atom stereocenters. The second-order valence-electron chi connectivity index (χ2n) is 30.0. The first-order valence-corrected chi connectivity index (χ1v) is 45.3. The Morgan fingerprint density at radius 2 is 0.479 bits per heavy atom. The molecule has 0 saturated carbocycles. The molecule has 0 aliphatic carbocycles. The van der Waals surface area contributed by atoms with E-state index in [0.717, 1.165) is 91.9 Å². The molecule has 0 bridgehead atoms. The van der Waals surface area contributed by atoms with Crippen LogP contribution in [-0.2, 0) is 30.8 Å². The van der Waals surface area contributed by atoms with Gasteiger partial charge in [-0.25, -0.2) is 4.70 Å². The molecule has 0 saturated heterocycles. The number of benzene rings is 2. The summed E-state index contributed by atoms with van der Waals surface area (Å²) in [4.78, 5) is 3.10. The third-order valence-electron chi connectivity index (χ3n) is 20.9. The number of aryl methyl sites for hydroxylation is 2. The summed E-state index contributed by atoms with van der Waals surface area (Å²) in [7, 11) is 0. The fraction of sp³-hybridized carbons (Fsp3) is 0.824. The topological polar surface area (TPSA) is 25.3 Å². The van der Waals surface area contributed by atoms with Gasteiger partial charge in [0.1, 0.15) is 0 Å². The van der Waals surface area contributed by atoms with Crippen molar-refractivity contribution in [1.29, 1.82) is 0 Å². The van der Waals surface area contributed by atoms with E-state index in [0.29, 0.717) is 0 Å². The molecule has 0 unspecified atom stereocenters. The summed E-state index contributed by atoms with van der Waals surface area (Å²) in [6, 6.07) is 17.8. The van der Waals surface area contributed by atoms with Gasteiger partial charge in [0.05, 0.1) is 0 Å². The molecule has 3 rings (SSSR count). The molecule has 0 amide bonds. The van der Waals surface area contributed by atoms with Gasteiger partial charge >= 0.3 is 169 Å². The van der Waals surface area contributed by atoms with Crippen LogP contribution in [0.5, 0.6) is 0 Å². The minimum Gasteiger partial charge on any atom is -0.493 e. The summed E-state index contributed by atoms with van der Waals surface area (Å²) in [6.07, 6.45) is 95.5. The minimum absolute atomic E-state index is 0.998. The quantitative estimate of drug-likeness (QED) is 0.0358. The summed E-state index contributed by atoms with van der Waals surface area (Å²) in [5, 5.41) is 0. The number of hydrogen-bond donors (Lipinski definition) is 0. The average molecular weight is 1390 g/mol. The Labute approximate surface area is 599 Å². The van der Waals surface area contributed by atoms with Gasteiger partial charge in [0, 0.05) is 22.3 Å². The van der Waals surface area contributed by atoms with E-state index in [9.17, 15) is 5.53 Å². The normalized spacial score (nSPS) is 12.6. The van der Waals surface area contributed by atoms with Crippen LogP contribution in [0.1, 0.15) is 481 Å². The Kier molecular flexibility index (Phi) is 65.4. The van der Waals surface area contributed by atoms with Gasteiger partial charge in [-0.1, -0.05) is 303 Å². The Bertz CT molecular complexity index is 1920. The summed E-state index contributed by atoms with van der Waals surface area (Å²) >= 11 is 1.05. The molecule has 0 aromatic heterocycles. The zero-order chi connectivity index (χ0) is 67.4. The van der Waals surface area contributed by atoms with Crippen LogP contribution in [0.15, 0.2) is 59.7 Å². The van der Waals surface area contributed by atoms with Crippen LogP contribution in [-0.4, -0.2) is 4.70 Å². The monoisotopic (exact) mass is 1390 g/mol. The summed E-state index contributed by atoms with van der Waals surface area (Å²) < 4.78 is 1.53. The van der Waals surface area contributed by atoms with E-state index < -0.39 is 0 Å². The first kappa shape index (κ1) is 88.3. The Hall–Kier alpha value is -1.82. The second-order valence-corrected chi connectivity index (χ2v) is 32.3. The Balaban J connectivity index is 0.000000723. The molecule has 1 aliphatic heterocycles. The summed E-state index contributed by atoms with van der Waals surface area (Å²) in [5.74, 6) is 0. The van der Waals surface area contributed by atoms with Gasteiger partial charge in [0.25, 0.3) is 0 Å². The summed E-state index contributed by atoms with van der Waals surface area (Å²) in [5.41, 5.74) is 21.5. The average Bonchev–Trinajstić information content (AvgIpc) is 1.61. The fourth-order valence-corrected chi connectivity index (χ4v) is 16.5. The molecule has 0 spiro atoms. The molecule has 0 fully saturated rings. The first-order chi connectivity index (χ1) is 46.6. The number of allylic oxidation sites excluding steroid dienone is 2. The van der Waals surface area contributed by atoms with E-state index >= 15 is 0 Å².